The molecule has 0 aliphatic rings. The molecule has 0 saturated carbocycles. The van der Waals surface area contributed by atoms with Crippen LogP contribution in [0.2, 0.25) is 0 Å². The summed E-state index contributed by atoms with van der Waals surface area (Å²) in [6.45, 7) is 8.75. The van der Waals surface area contributed by atoms with Crippen molar-refractivity contribution >= 4 is 0 Å². The molecular formula is C16H27NO2. The SMILES string of the molecule is CCNC(COC)COc1ccccc1C(C)CC. The van der Waals surface area contributed by atoms with Crippen molar-refractivity contribution in [2.24, 2.45) is 0 Å². The standard InChI is InChI=1S/C16H27NO2/c1-5-13(3)15-9-7-8-10-16(15)19-12-14(11-18-4)17-6-2/h7-10,13-14,17H,5-6,11-12H2,1-4H3. The Hall–Kier alpha value is -1.06. The van der Waals surface area contributed by atoms with Crippen LogP contribution in [0.4, 0.5) is 0 Å². The smallest absolute Gasteiger partial charge is 0.122 e. The lowest BCUT2D eigenvalue weighted by atomic mass is 9.98. The minimum Gasteiger partial charge on any atom is -0.492 e. The summed E-state index contributed by atoms with van der Waals surface area (Å²) in [5, 5.41) is 3.37. The number of methoxy groups -OCH3 is 1. The molecule has 2 unspecified atom stereocenters. The predicted molar refractivity (Wildman–Crippen MR) is 80.0 cm³/mol. The van der Waals surface area contributed by atoms with Gasteiger partial charge in [0.2, 0.25) is 0 Å². The summed E-state index contributed by atoms with van der Waals surface area (Å²) in [4.78, 5) is 0. The van der Waals surface area contributed by atoms with E-state index in [9.17, 15) is 0 Å². The quantitative estimate of drug-likeness (QED) is 0.743. The first-order valence-corrected chi connectivity index (χ1v) is 7.16. The third-order valence-electron chi connectivity index (χ3n) is 3.36. The highest BCUT2D eigenvalue weighted by atomic mass is 16.5. The molecule has 3 nitrogen and oxygen atoms in total. The summed E-state index contributed by atoms with van der Waals surface area (Å²) in [5.74, 6) is 1.52. The van der Waals surface area contributed by atoms with Gasteiger partial charge in [0.25, 0.3) is 0 Å². The fraction of sp³-hybridized carbons (Fsp3) is 0.625. The first kappa shape index (κ1) is 16.0. The van der Waals surface area contributed by atoms with E-state index in [1.54, 1.807) is 7.11 Å². The maximum Gasteiger partial charge on any atom is 0.122 e. The molecular weight excluding hydrogens is 238 g/mol. The van der Waals surface area contributed by atoms with E-state index in [4.69, 9.17) is 9.47 Å². The van der Waals surface area contributed by atoms with E-state index in [1.165, 1.54) is 5.56 Å². The van der Waals surface area contributed by atoms with Gasteiger partial charge in [0.15, 0.2) is 0 Å². The fourth-order valence-electron chi connectivity index (χ4n) is 2.09. The number of ether oxygens (including phenoxy) is 2. The molecule has 2 atom stereocenters. The zero-order valence-electron chi connectivity index (χ0n) is 12.6. The Kier molecular flexibility index (Phi) is 7.53. The van der Waals surface area contributed by atoms with Crippen molar-refractivity contribution in [3.05, 3.63) is 29.8 Å². The van der Waals surface area contributed by atoms with Crippen LogP contribution in [0.1, 0.15) is 38.7 Å². The normalized spacial score (nSPS) is 14.1. The zero-order valence-corrected chi connectivity index (χ0v) is 12.6. The van der Waals surface area contributed by atoms with E-state index in [1.807, 2.05) is 6.07 Å². The summed E-state index contributed by atoms with van der Waals surface area (Å²) in [5.41, 5.74) is 1.29. The number of nitrogens with one attached hydrogen (secondary N) is 1. The minimum atomic E-state index is 0.236. The Morgan fingerprint density at radius 2 is 1.89 bits per heavy atom. The monoisotopic (exact) mass is 265 g/mol. The second-order valence-electron chi connectivity index (χ2n) is 4.87. The van der Waals surface area contributed by atoms with Crippen LogP contribution >= 0.6 is 0 Å². The number of likely N-dealkylation sites (N-methyl/N-ethyl adjacent to an activating group) is 1. The summed E-state index contributed by atoms with van der Waals surface area (Å²) in [6.07, 6.45) is 1.12. The molecule has 0 aromatic heterocycles. The molecule has 0 bridgehead atoms. The summed E-state index contributed by atoms with van der Waals surface area (Å²) >= 11 is 0. The lowest BCUT2D eigenvalue weighted by molar-refractivity contribution is 0.136. The van der Waals surface area contributed by atoms with Gasteiger partial charge in [0.1, 0.15) is 12.4 Å². The molecule has 0 radical (unpaired) electrons. The van der Waals surface area contributed by atoms with Crippen LogP contribution in [0, 0.1) is 0 Å². The number of para-hydroxylation sites is 1. The van der Waals surface area contributed by atoms with Crippen molar-refractivity contribution in [3.63, 3.8) is 0 Å². The zero-order chi connectivity index (χ0) is 14.1. The maximum atomic E-state index is 5.98. The Balaban J connectivity index is 2.65. The molecule has 1 aromatic rings. The van der Waals surface area contributed by atoms with Crippen LogP contribution in [0.3, 0.4) is 0 Å². The first-order chi connectivity index (χ1) is 9.22. The Morgan fingerprint density at radius 1 is 1.16 bits per heavy atom. The highest BCUT2D eigenvalue weighted by Crippen LogP contribution is 2.28. The van der Waals surface area contributed by atoms with Gasteiger partial charge < -0.3 is 14.8 Å². The molecule has 0 amide bonds. The molecule has 1 aromatic carbocycles. The van der Waals surface area contributed by atoms with Crippen LogP contribution in [-0.4, -0.2) is 32.9 Å². The van der Waals surface area contributed by atoms with Gasteiger partial charge in [-0.1, -0.05) is 39.0 Å². The third kappa shape index (κ3) is 5.21. The number of hydrogen-bond acceptors (Lipinski definition) is 3. The van der Waals surface area contributed by atoms with E-state index in [-0.39, 0.29) is 6.04 Å². The van der Waals surface area contributed by atoms with Crippen molar-refractivity contribution in [2.45, 2.75) is 39.2 Å². The number of hydrogen-bond donors (Lipinski definition) is 1. The molecule has 0 aliphatic carbocycles. The Bertz CT molecular complexity index is 348. The van der Waals surface area contributed by atoms with Gasteiger partial charge in [0.05, 0.1) is 12.6 Å². The first-order valence-electron chi connectivity index (χ1n) is 7.16. The lowest BCUT2D eigenvalue weighted by Crippen LogP contribution is -2.38. The van der Waals surface area contributed by atoms with Gasteiger partial charge in [-0.25, -0.2) is 0 Å². The molecule has 108 valence electrons. The van der Waals surface area contributed by atoms with Crippen molar-refractivity contribution in [2.75, 3.05) is 26.9 Å². The fourth-order valence-corrected chi connectivity index (χ4v) is 2.09. The van der Waals surface area contributed by atoms with E-state index < -0.39 is 0 Å². The van der Waals surface area contributed by atoms with Crippen molar-refractivity contribution in [1.82, 2.24) is 5.32 Å². The average Bonchev–Trinajstić information content (AvgIpc) is 2.44. The largest absolute Gasteiger partial charge is 0.492 e. The Labute approximate surface area is 117 Å². The molecule has 0 aliphatic heterocycles. The van der Waals surface area contributed by atoms with Crippen molar-refractivity contribution in [3.8, 4) is 5.75 Å². The van der Waals surface area contributed by atoms with Crippen molar-refractivity contribution in [1.29, 1.82) is 0 Å². The highest BCUT2D eigenvalue weighted by molar-refractivity contribution is 5.35. The van der Waals surface area contributed by atoms with E-state index in [0.717, 1.165) is 18.7 Å². The van der Waals surface area contributed by atoms with Gasteiger partial charge in [-0.05, 0) is 30.5 Å². The third-order valence-corrected chi connectivity index (χ3v) is 3.36. The summed E-state index contributed by atoms with van der Waals surface area (Å²) in [6, 6.07) is 8.55. The minimum absolute atomic E-state index is 0.236. The molecule has 0 heterocycles. The molecule has 0 spiro atoms. The van der Waals surface area contributed by atoms with E-state index >= 15 is 0 Å². The topological polar surface area (TPSA) is 30.5 Å². The van der Waals surface area contributed by atoms with E-state index in [2.05, 4.69) is 44.3 Å². The Morgan fingerprint density at radius 3 is 2.53 bits per heavy atom. The van der Waals surface area contributed by atoms with Gasteiger partial charge in [-0.15, -0.1) is 0 Å². The van der Waals surface area contributed by atoms with Crippen LogP contribution in [0.15, 0.2) is 24.3 Å². The van der Waals surface area contributed by atoms with E-state index in [0.29, 0.717) is 19.1 Å². The maximum absolute atomic E-state index is 5.98. The molecule has 1 rings (SSSR count). The highest BCUT2D eigenvalue weighted by Gasteiger charge is 2.12. The van der Waals surface area contributed by atoms with Crippen LogP contribution in [0.25, 0.3) is 0 Å². The van der Waals surface area contributed by atoms with Gasteiger partial charge in [-0.2, -0.15) is 0 Å². The van der Waals surface area contributed by atoms with Gasteiger partial charge in [-0.3, -0.25) is 0 Å². The second-order valence-corrected chi connectivity index (χ2v) is 4.87. The van der Waals surface area contributed by atoms with Crippen LogP contribution < -0.4 is 10.1 Å². The molecule has 0 saturated heterocycles. The van der Waals surface area contributed by atoms with Gasteiger partial charge in [0, 0.05) is 7.11 Å². The molecule has 1 N–H and O–H groups in total. The number of rotatable bonds is 9. The number of benzene rings is 1. The van der Waals surface area contributed by atoms with Crippen LogP contribution in [0.5, 0.6) is 5.75 Å². The summed E-state index contributed by atoms with van der Waals surface area (Å²) in [7, 11) is 1.72. The van der Waals surface area contributed by atoms with Gasteiger partial charge >= 0.3 is 0 Å². The molecule has 19 heavy (non-hydrogen) atoms. The lowest BCUT2D eigenvalue weighted by Gasteiger charge is -2.20. The van der Waals surface area contributed by atoms with Crippen molar-refractivity contribution < 1.29 is 9.47 Å². The molecule has 0 fully saturated rings. The molecule has 3 heteroatoms. The average molecular weight is 265 g/mol. The second kappa shape index (κ2) is 8.94. The summed E-state index contributed by atoms with van der Waals surface area (Å²) < 4.78 is 11.2. The predicted octanol–water partition coefficient (Wildman–Crippen LogP) is 3.20. The van der Waals surface area contributed by atoms with Crippen LogP contribution in [-0.2, 0) is 4.74 Å².